The van der Waals surface area contributed by atoms with Crippen LogP contribution in [0.2, 0.25) is 0 Å². The Labute approximate surface area is 209 Å². The van der Waals surface area contributed by atoms with Crippen LogP contribution in [-0.4, -0.2) is 48.7 Å². The molecule has 0 saturated carbocycles. The lowest BCUT2D eigenvalue weighted by Gasteiger charge is -2.30. The summed E-state index contributed by atoms with van der Waals surface area (Å²) in [5.74, 6) is -1.06. The highest BCUT2D eigenvalue weighted by Crippen LogP contribution is 2.27. The highest BCUT2D eigenvalue weighted by molar-refractivity contribution is 5.96. The minimum Gasteiger partial charge on any atom is -0.478 e. The van der Waals surface area contributed by atoms with Crippen molar-refractivity contribution in [1.29, 1.82) is 0 Å². The van der Waals surface area contributed by atoms with E-state index in [0.29, 0.717) is 13.1 Å². The molecule has 0 radical (unpaired) electrons. The first kappa shape index (κ1) is 26.9. The van der Waals surface area contributed by atoms with Crippen molar-refractivity contribution in [2.24, 2.45) is 0 Å². The fourth-order valence-corrected chi connectivity index (χ4v) is 4.65. The molecule has 1 heterocycles. The molecule has 0 aromatic heterocycles. The van der Waals surface area contributed by atoms with E-state index < -0.39 is 5.97 Å². The van der Waals surface area contributed by atoms with Crippen LogP contribution in [0.5, 0.6) is 0 Å². The maximum Gasteiger partial charge on any atom is 0.335 e. The molecule has 0 saturated heterocycles. The maximum atomic E-state index is 13.0. The van der Waals surface area contributed by atoms with Gasteiger partial charge in [-0.1, -0.05) is 64.3 Å². The van der Waals surface area contributed by atoms with Crippen LogP contribution < -0.4 is 4.90 Å². The van der Waals surface area contributed by atoms with Crippen LogP contribution >= 0.6 is 0 Å². The molecule has 0 fully saturated rings. The molecule has 2 aromatic rings. The van der Waals surface area contributed by atoms with Gasteiger partial charge < -0.3 is 14.7 Å². The van der Waals surface area contributed by atoms with E-state index in [4.69, 9.17) is 4.74 Å². The van der Waals surface area contributed by atoms with Gasteiger partial charge in [-0.2, -0.15) is 0 Å². The number of aromatic carboxylic acids is 1. The molecular weight excluding hydrogens is 440 g/mol. The van der Waals surface area contributed by atoms with E-state index in [2.05, 4.69) is 49.9 Å². The zero-order chi connectivity index (χ0) is 25.4. The Kier molecular flexibility index (Phi) is 9.47. The van der Waals surface area contributed by atoms with Gasteiger partial charge in [-0.15, -0.1) is 0 Å². The average Bonchev–Trinajstić information content (AvgIpc) is 2.80. The SMILES string of the molecule is COCC(=O)N1CCCCCCCN(Cc2ccc(C(C)(C)C)cc2)Cc2cc(C(=O)O)ccc21. The number of carboxylic acids is 1. The van der Waals surface area contributed by atoms with Crippen molar-refractivity contribution in [2.75, 3.05) is 31.7 Å². The summed E-state index contributed by atoms with van der Waals surface area (Å²) in [6, 6.07) is 13.9. The maximum absolute atomic E-state index is 13.0. The topological polar surface area (TPSA) is 70.1 Å². The van der Waals surface area contributed by atoms with Crippen LogP contribution in [0.4, 0.5) is 5.69 Å². The molecule has 35 heavy (non-hydrogen) atoms. The quantitative estimate of drug-likeness (QED) is 0.601. The van der Waals surface area contributed by atoms with Gasteiger partial charge in [0.05, 0.1) is 5.56 Å². The van der Waals surface area contributed by atoms with Crippen molar-refractivity contribution < 1.29 is 19.4 Å². The van der Waals surface area contributed by atoms with E-state index in [1.165, 1.54) is 18.2 Å². The van der Waals surface area contributed by atoms with Crippen LogP contribution in [0.3, 0.4) is 0 Å². The number of carbonyl (C=O) groups excluding carboxylic acids is 1. The summed E-state index contributed by atoms with van der Waals surface area (Å²) in [5, 5.41) is 9.63. The Hall–Kier alpha value is -2.70. The number of benzene rings is 2. The van der Waals surface area contributed by atoms with E-state index in [-0.39, 0.29) is 23.5 Å². The average molecular weight is 481 g/mol. The second-order valence-corrected chi connectivity index (χ2v) is 10.6. The van der Waals surface area contributed by atoms with Gasteiger partial charge in [-0.25, -0.2) is 4.79 Å². The van der Waals surface area contributed by atoms with Crippen LogP contribution in [0.25, 0.3) is 0 Å². The minimum atomic E-state index is -0.960. The number of nitrogens with zero attached hydrogens (tertiary/aromatic N) is 2. The Morgan fingerprint density at radius 2 is 1.60 bits per heavy atom. The second kappa shape index (κ2) is 12.3. The van der Waals surface area contributed by atoms with Crippen LogP contribution in [0.15, 0.2) is 42.5 Å². The van der Waals surface area contributed by atoms with Crippen LogP contribution in [0.1, 0.15) is 79.9 Å². The summed E-state index contributed by atoms with van der Waals surface area (Å²) in [5.41, 5.74) is 4.53. The Bertz CT molecular complexity index is 995. The van der Waals surface area contributed by atoms with E-state index in [0.717, 1.165) is 56.4 Å². The summed E-state index contributed by atoms with van der Waals surface area (Å²) >= 11 is 0. The third-order valence-electron chi connectivity index (χ3n) is 6.66. The Balaban J connectivity index is 1.95. The smallest absolute Gasteiger partial charge is 0.335 e. The van der Waals surface area contributed by atoms with Gasteiger partial charge in [0.25, 0.3) is 5.91 Å². The van der Waals surface area contributed by atoms with Gasteiger partial charge >= 0.3 is 5.97 Å². The van der Waals surface area contributed by atoms with E-state index >= 15 is 0 Å². The highest BCUT2D eigenvalue weighted by atomic mass is 16.5. The molecule has 6 heteroatoms. The molecule has 1 N–H and O–H groups in total. The van der Waals surface area contributed by atoms with Gasteiger partial charge in [0.1, 0.15) is 6.61 Å². The lowest BCUT2D eigenvalue weighted by Crippen LogP contribution is -2.36. The number of ether oxygens (including phenoxy) is 1. The van der Waals surface area contributed by atoms with Gasteiger partial charge in [0, 0.05) is 32.4 Å². The fourth-order valence-electron chi connectivity index (χ4n) is 4.65. The van der Waals surface area contributed by atoms with Crippen LogP contribution in [0, 0.1) is 0 Å². The molecule has 0 spiro atoms. The zero-order valence-electron chi connectivity index (χ0n) is 21.7. The van der Waals surface area contributed by atoms with Crippen molar-refractivity contribution in [2.45, 2.75) is 71.4 Å². The molecule has 0 aliphatic carbocycles. The first-order valence-electron chi connectivity index (χ1n) is 12.7. The van der Waals surface area contributed by atoms with Crippen molar-refractivity contribution in [1.82, 2.24) is 4.90 Å². The third kappa shape index (κ3) is 7.64. The van der Waals surface area contributed by atoms with Crippen LogP contribution in [-0.2, 0) is 28.0 Å². The summed E-state index contributed by atoms with van der Waals surface area (Å²) < 4.78 is 5.14. The molecule has 190 valence electrons. The number of fused-ring (bicyclic) bond motifs is 1. The summed E-state index contributed by atoms with van der Waals surface area (Å²) in [4.78, 5) is 28.9. The predicted octanol–water partition coefficient (Wildman–Crippen LogP) is 5.63. The molecule has 0 unspecified atom stereocenters. The molecule has 2 aromatic carbocycles. The molecule has 1 aliphatic heterocycles. The third-order valence-corrected chi connectivity index (χ3v) is 6.66. The number of hydrogen-bond acceptors (Lipinski definition) is 4. The van der Waals surface area contributed by atoms with Gasteiger partial charge in [-0.05, 0) is 59.7 Å². The summed E-state index contributed by atoms with van der Waals surface area (Å²) in [6.45, 7) is 9.52. The van der Waals surface area contributed by atoms with E-state index in [1.54, 1.807) is 23.1 Å². The molecule has 1 aliphatic rings. The first-order valence-corrected chi connectivity index (χ1v) is 12.7. The molecule has 1 amide bonds. The lowest BCUT2D eigenvalue weighted by molar-refractivity contribution is -0.122. The predicted molar refractivity (Wildman–Crippen MR) is 140 cm³/mol. The van der Waals surface area contributed by atoms with Crippen molar-refractivity contribution >= 4 is 17.6 Å². The number of hydrogen-bond donors (Lipinski definition) is 1. The monoisotopic (exact) mass is 480 g/mol. The van der Waals surface area contributed by atoms with Crippen molar-refractivity contribution in [3.8, 4) is 0 Å². The minimum absolute atomic E-state index is 0.00393. The number of anilines is 1. The number of amides is 1. The number of rotatable bonds is 5. The van der Waals surface area contributed by atoms with E-state index in [9.17, 15) is 14.7 Å². The molecule has 3 rings (SSSR count). The highest BCUT2D eigenvalue weighted by Gasteiger charge is 2.22. The largest absolute Gasteiger partial charge is 0.478 e. The number of carboxylic acid groups (broad SMARTS) is 1. The molecule has 0 atom stereocenters. The fraction of sp³-hybridized carbons (Fsp3) is 0.517. The van der Waals surface area contributed by atoms with Gasteiger partial charge in [0.15, 0.2) is 0 Å². The first-order chi connectivity index (χ1) is 16.7. The second-order valence-electron chi connectivity index (χ2n) is 10.6. The molecule has 6 nitrogen and oxygen atoms in total. The standard InChI is InChI=1S/C29H40N2O4/c1-29(2,3)25-13-10-22(11-14-25)19-30-16-8-6-5-7-9-17-31(27(32)21-35-4)26-15-12-23(28(33)34)18-24(26)20-30/h10-15,18H,5-9,16-17,19-21H2,1-4H3,(H,33,34). The Morgan fingerprint density at radius 3 is 2.23 bits per heavy atom. The Morgan fingerprint density at radius 1 is 0.943 bits per heavy atom. The van der Waals surface area contributed by atoms with Gasteiger partial charge in [0.2, 0.25) is 0 Å². The van der Waals surface area contributed by atoms with Crippen molar-refractivity contribution in [3.05, 3.63) is 64.7 Å². The normalized spacial score (nSPS) is 16.2. The van der Waals surface area contributed by atoms with Gasteiger partial charge in [-0.3, -0.25) is 9.69 Å². The molecule has 0 bridgehead atoms. The van der Waals surface area contributed by atoms with E-state index in [1.807, 2.05) is 0 Å². The lowest BCUT2D eigenvalue weighted by atomic mass is 9.87. The summed E-state index contributed by atoms with van der Waals surface area (Å²) in [7, 11) is 1.52. The summed E-state index contributed by atoms with van der Waals surface area (Å²) in [6.07, 6.45) is 5.37. The number of carbonyl (C=O) groups is 2. The molecular formula is C29H40N2O4. The number of methoxy groups -OCH3 is 1. The zero-order valence-corrected chi connectivity index (χ0v) is 21.7. The van der Waals surface area contributed by atoms with Crippen molar-refractivity contribution in [3.63, 3.8) is 0 Å².